The summed E-state index contributed by atoms with van der Waals surface area (Å²) < 4.78 is 5.68. The largest absolute Gasteiger partial charge is 0.378 e. The number of rotatable bonds is 3. The van der Waals surface area contributed by atoms with Crippen LogP contribution >= 0.6 is 0 Å². The Balaban J connectivity index is 1.35. The molecule has 0 radical (unpaired) electrons. The Labute approximate surface area is 154 Å². The molecule has 26 heavy (non-hydrogen) atoms. The van der Waals surface area contributed by atoms with Gasteiger partial charge in [-0.05, 0) is 69.3 Å². The number of hydrogen-bond donors (Lipinski definition) is 2. The summed E-state index contributed by atoms with van der Waals surface area (Å²) >= 11 is 0. The number of nitrogens with one attached hydrogen (secondary N) is 2. The molecule has 0 saturated carbocycles. The second-order valence-electron chi connectivity index (χ2n) is 7.98. The fourth-order valence-corrected chi connectivity index (χ4v) is 4.92. The van der Waals surface area contributed by atoms with Crippen LogP contribution in [0.3, 0.4) is 0 Å². The number of carbonyl (C=O) groups excluding carboxylic acids is 1. The number of likely N-dealkylation sites (tertiary alicyclic amines) is 1. The molecule has 0 spiro atoms. The molecule has 2 atom stereocenters. The van der Waals surface area contributed by atoms with E-state index in [0.29, 0.717) is 12.6 Å². The topological polar surface area (TPSA) is 57.4 Å². The number of benzene rings is 1. The van der Waals surface area contributed by atoms with Gasteiger partial charge in [0.25, 0.3) is 5.91 Å². The summed E-state index contributed by atoms with van der Waals surface area (Å²) in [6.07, 6.45) is 7.31. The molecule has 2 saturated heterocycles. The Bertz CT molecular complexity index is 822. The lowest BCUT2D eigenvalue weighted by molar-refractivity contribution is 0.0916. The first-order valence-corrected chi connectivity index (χ1v) is 10.1. The van der Waals surface area contributed by atoms with Gasteiger partial charge in [-0.2, -0.15) is 0 Å². The van der Waals surface area contributed by atoms with Gasteiger partial charge in [0.15, 0.2) is 0 Å². The standard InChI is InChI=1S/C21H27N3O2/c25-21(23-19-12-26-13-20(19)24-9-3-4-10-24)14-7-8-16-15-5-1-2-6-17(15)22-18(16)11-14/h7-8,11,19-20,22H,1-6,9-10,12-13H2,(H,23,25)/t19-,20-/m1/s1. The van der Waals surface area contributed by atoms with Crippen LogP contribution in [0, 0.1) is 0 Å². The minimum absolute atomic E-state index is 0.0131. The fourth-order valence-electron chi connectivity index (χ4n) is 4.92. The van der Waals surface area contributed by atoms with Gasteiger partial charge in [-0.3, -0.25) is 9.69 Å². The van der Waals surface area contributed by atoms with Crippen molar-refractivity contribution in [3.63, 3.8) is 0 Å². The predicted molar refractivity (Wildman–Crippen MR) is 102 cm³/mol. The monoisotopic (exact) mass is 353 g/mol. The van der Waals surface area contributed by atoms with Crippen LogP contribution in [0.5, 0.6) is 0 Å². The van der Waals surface area contributed by atoms with E-state index in [9.17, 15) is 4.79 Å². The van der Waals surface area contributed by atoms with Crippen LogP contribution in [0.2, 0.25) is 0 Å². The van der Waals surface area contributed by atoms with E-state index in [0.717, 1.165) is 43.6 Å². The van der Waals surface area contributed by atoms with Gasteiger partial charge in [0.2, 0.25) is 0 Å². The molecule has 0 unspecified atom stereocenters. The molecule has 2 aliphatic heterocycles. The molecule has 2 fully saturated rings. The van der Waals surface area contributed by atoms with E-state index in [1.807, 2.05) is 12.1 Å². The van der Waals surface area contributed by atoms with E-state index >= 15 is 0 Å². The minimum atomic E-state index is 0.0131. The van der Waals surface area contributed by atoms with Crippen molar-refractivity contribution in [2.45, 2.75) is 50.6 Å². The first-order chi connectivity index (χ1) is 12.8. The smallest absolute Gasteiger partial charge is 0.251 e. The third kappa shape index (κ3) is 2.83. The van der Waals surface area contributed by atoms with Crippen LogP contribution in [0.1, 0.15) is 47.3 Å². The van der Waals surface area contributed by atoms with Crippen molar-refractivity contribution in [3.8, 4) is 0 Å². The van der Waals surface area contributed by atoms with Gasteiger partial charge in [-0.25, -0.2) is 0 Å². The number of hydrogen-bond acceptors (Lipinski definition) is 3. The lowest BCUT2D eigenvalue weighted by Gasteiger charge is -2.27. The molecule has 1 aliphatic carbocycles. The molecule has 2 N–H and O–H groups in total. The zero-order valence-electron chi connectivity index (χ0n) is 15.2. The predicted octanol–water partition coefficient (Wildman–Crippen LogP) is 2.64. The molecule has 1 amide bonds. The van der Waals surface area contributed by atoms with Crippen molar-refractivity contribution in [1.82, 2.24) is 15.2 Å². The molecule has 1 aromatic heterocycles. The quantitative estimate of drug-likeness (QED) is 0.892. The van der Waals surface area contributed by atoms with Gasteiger partial charge in [0.1, 0.15) is 0 Å². The Morgan fingerprint density at radius 2 is 1.96 bits per heavy atom. The van der Waals surface area contributed by atoms with Gasteiger partial charge in [-0.15, -0.1) is 0 Å². The van der Waals surface area contributed by atoms with Gasteiger partial charge in [0, 0.05) is 22.2 Å². The van der Waals surface area contributed by atoms with Gasteiger partial charge in [0.05, 0.1) is 25.3 Å². The maximum Gasteiger partial charge on any atom is 0.251 e. The van der Waals surface area contributed by atoms with Crippen LogP contribution in [0.4, 0.5) is 0 Å². The Kier molecular flexibility index (Phi) is 4.21. The number of fused-ring (bicyclic) bond motifs is 3. The lowest BCUT2D eigenvalue weighted by Crippen LogP contribution is -2.50. The van der Waals surface area contributed by atoms with E-state index in [-0.39, 0.29) is 11.9 Å². The van der Waals surface area contributed by atoms with Crippen molar-refractivity contribution in [2.75, 3.05) is 26.3 Å². The summed E-state index contributed by atoms with van der Waals surface area (Å²) in [5.41, 5.74) is 4.66. The molecule has 138 valence electrons. The zero-order chi connectivity index (χ0) is 17.5. The molecule has 3 aliphatic rings. The molecular weight excluding hydrogens is 326 g/mol. The molecule has 2 aromatic rings. The highest BCUT2D eigenvalue weighted by molar-refractivity contribution is 5.99. The average molecular weight is 353 g/mol. The molecule has 3 heterocycles. The second-order valence-corrected chi connectivity index (χ2v) is 7.98. The van der Waals surface area contributed by atoms with Crippen molar-refractivity contribution in [1.29, 1.82) is 0 Å². The third-order valence-electron chi connectivity index (χ3n) is 6.34. The molecule has 5 heteroatoms. The average Bonchev–Trinajstić information content (AvgIpc) is 3.40. The summed E-state index contributed by atoms with van der Waals surface area (Å²) in [6.45, 7) is 3.60. The van der Waals surface area contributed by atoms with Crippen LogP contribution in [0.25, 0.3) is 10.9 Å². The normalized spacial score (nSPS) is 26.3. The number of aromatic amines is 1. The Hall–Kier alpha value is -1.85. The van der Waals surface area contributed by atoms with Gasteiger partial charge < -0.3 is 15.0 Å². The summed E-state index contributed by atoms with van der Waals surface area (Å²) in [7, 11) is 0. The van der Waals surface area contributed by atoms with E-state index in [2.05, 4.69) is 21.3 Å². The van der Waals surface area contributed by atoms with Crippen molar-refractivity contribution < 1.29 is 9.53 Å². The number of aryl methyl sites for hydroxylation is 2. The number of amides is 1. The molecule has 0 bridgehead atoms. The number of aromatic nitrogens is 1. The summed E-state index contributed by atoms with van der Waals surface area (Å²) in [6, 6.07) is 6.52. The Morgan fingerprint density at radius 1 is 1.12 bits per heavy atom. The molecular formula is C21H27N3O2. The highest BCUT2D eigenvalue weighted by atomic mass is 16.5. The molecule has 5 rings (SSSR count). The summed E-state index contributed by atoms with van der Waals surface area (Å²) in [4.78, 5) is 18.9. The van der Waals surface area contributed by atoms with Crippen LogP contribution in [0.15, 0.2) is 18.2 Å². The molecule has 5 nitrogen and oxygen atoms in total. The fraction of sp³-hybridized carbons (Fsp3) is 0.571. The SMILES string of the molecule is O=C(N[C@@H]1COC[C@H]1N1CCCC1)c1ccc2c3c([nH]c2c1)CCCC3. The van der Waals surface area contributed by atoms with Crippen LogP contribution in [-0.2, 0) is 17.6 Å². The Morgan fingerprint density at radius 3 is 2.85 bits per heavy atom. The van der Waals surface area contributed by atoms with Crippen molar-refractivity contribution in [3.05, 3.63) is 35.0 Å². The highest BCUT2D eigenvalue weighted by Gasteiger charge is 2.35. The van der Waals surface area contributed by atoms with E-state index in [4.69, 9.17) is 4.74 Å². The molecule has 1 aromatic carbocycles. The van der Waals surface area contributed by atoms with E-state index in [1.165, 1.54) is 42.3 Å². The first-order valence-electron chi connectivity index (χ1n) is 10.1. The van der Waals surface area contributed by atoms with Crippen molar-refractivity contribution >= 4 is 16.8 Å². The number of nitrogens with zero attached hydrogens (tertiary/aromatic N) is 1. The zero-order valence-corrected chi connectivity index (χ0v) is 15.2. The van der Waals surface area contributed by atoms with Gasteiger partial charge >= 0.3 is 0 Å². The van der Waals surface area contributed by atoms with Gasteiger partial charge in [-0.1, -0.05) is 6.07 Å². The van der Waals surface area contributed by atoms with Crippen LogP contribution in [-0.4, -0.2) is 54.2 Å². The minimum Gasteiger partial charge on any atom is -0.378 e. The van der Waals surface area contributed by atoms with E-state index < -0.39 is 0 Å². The van der Waals surface area contributed by atoms with Crippen molar-refractivity contribution in [2.24, 2.45) is 0 Å². The van der Waals surface area contributed by atoms with Crippen LogP contribution < -0.4 is 5.32 Å². The number of carbonyl (C=O) groups is 1. The summed E-state index contributed by atoms with van der Waals surface area (Å²) in [5.74, 6) is 0.0131. The van der Waals surface area contributed by atoms with E-state index in [1.54, 1.807) is 0 Å². The second kappa shape index (κ2) is 6.71. The lowest BCUT2D eigenvalue weighted by atomic mass is 9.95. The first kappa shape index (κ1) is 16.3. The maximum atomic E-state index is 12.8. The highest BCUT2D eigenvalue weighted by Crippen LogP contribution is 2.29. The number of ether oxygens (including phenoxy) is 1. The number of H-pyrrole nitrogens is 1. The third-order valence-corrected chi connectivity index (χ3v) is 6.34. The summed E-state index contributed by atoms with van der Waals surface area (Å²) in [5, 5.41) is 4.52. The maximum absolute atomic E-state index is 12.8.